The molecule has 1 N–H and O–H groups in total. The minimum atomic E-state index is -0.0336. The third-order valence-electron chi connectivity index (χ3n) is 5.18. The van der Waals surface area contributed by atoms with Gasteiger partial charge in [0.05, 0.1) is 18.5 Å². The van der Waals surface area contributed by atoms with Crippen LogP contribution in [0.1, 0.15) is 23.7 Å². The Morgan fingerprint density at radius 2 is 1.90 bits per heavy atom. The highest BCUT2D eigenvalue weighted by Crippen LogP contribution is 2.33. The lowest BCUT2D eigenvalue weighted by atomic mass is 10.1. The van der Waals surface area contributed by atoms with Crippen molar-refractivity contribution >= 4 is 39.0 Å². The molecule has 3 rings (SSSR count). The summed E-state index contributed by atoms with van der Waals surface area (Å²) in [6.07, 6.45) is 2.77. The number of hydrogen-bond acceptors (Lipinski definition) is 6. The van der Waals surface area contributed by atoms with Crippen LogP contribution in [0.4, 0.5) is 17.2 Å². The molecule has 0 bridgehead atoms. The number of aromatic nitrogens is 1. The lowest BCUT2D eigenvalue weighted by Crippen LogP contribution is -2.47. The van der Waals surface area contributed by atoms with Crippen molar-refractivity contribution in [2.75, 3.05) is 69.0 Å². The number of ether oxygens (including phenoxy) is 1. The molecular weight excluding hydrogens is 446 g/mol. The number of nitrogens with zero attached hydrogens (tertiary/aromatic N) is 4. The van der Waals surface area contributed by atoms with Crippen LogP contribution in [0.15, 0.2) is 34.9 Å². The second-order valence-electron chi connectivity index (χ2n) is 7.47. The van der Waals surface area contributed by atoms with Crippen LogP contribution in [0.2, 0.25) is 0 Å². The summed E-state index contributed by atoms with van der Waals surface area (Å²) in [5.41, 5.74) is 2.57. The van der Waals surface area contributed by atoms with Crippen molar-refractivity contribution in [2.45, 2.75) is 13.3 Å². The fourth-order valence-corrected chi connectivity index (χ4v) is 3.94. The van der Waals surface area contributed by atoms with E-state index >= 15 is 0 Å². The lowest BCUT2D eigenvalue weighted by Gasteiger charge is -2.38. The Morgan fingerprint density at radius 3 is 2.53 bits per heavy atom. The van der Waals surface area contributed by atoms with E-state index < -0.39 is 0 Å². The molecule has 1 saturated heterocycles. The summed E-state index contributed by atoms with van der Waals surface area (Å²) in [6, 6.07) is 7.98. The summed E-state index contributed by atoms with van der Waals surface area (Å²) >= 11 is 3.50. The molecule has 0 aliphatic carbocycles. The standard InChI is InChI=1S/C22H30BrN5O2/c1-5-9-24-17-8-10-25-21(20(17)22(29)26(2)3)28-13-11-27(12-14-28)18-7-6-16(23)15-19(18)30-4/h6-8,10,15H,5,9,11-14H2,1-4H3,(H,24,25). The number of carbonyl (C=O) groups excluding carboxylic acids is 1. The number of hydrogen-bond donors (Lipinski definition) is 1. The van der Waals surface area contributed by atoms with Crippen molar-refractivity contribution < 1.29 is 9.53 Å². The zero-order valence-corrected chi connectivity index (χ0v) is 19.7. The van der Waals surface area contributed by atoms with Gasteiger partial charge in [0, 0.05) is 57.5 Å². The van der Waals surface area contributed by atoms with Gasteiger partial charge in [-0.05, 0) is 30.7 Å². The second kappa shape index (κ2) is 10.0. The maximum absolute atomic E-state index is 13.0. The van der Waals surface area contributed by atoms with E-state index in [1.807, 2.05) is 18.2 Å². The zero-order valence-electron chi connectivity index (χ0n) is 18.1. The molecule has 1 aromatic heterocycles. The highest BCUT2D eigenvalue weighted by molar-refractivity contribution is 9.10. The number of benzene rings is 1. The Morgan fingerprint density at radius 1 is 1.20 bits per heavy atom. The van der Waals surface area contributed by atoms with E-state index in [1.165, 1.54) is 0 Å². The largest absolute Gasteiger partial charge is 0.495 e. The minimum absolute atomic E-state index is 0.0336. The van der Waals surface area contributed by atoms with Crippen LogP contribution in [-0.4, -0.2) is 69.7 Å². The van der Waals surface area contributed by atoms with Gasteiger partial charge < -0.3 is 24.8 Å². The average molecular weight is 476 g/mol. The van der Waals surface area contributed by atoms with Gasteiger partial charge in [-0.3, -0.25) is 4.79 Å². The topological polar surface area (TPSA) is 60.9 Å². The summed E-state index contributed by atoms with van der Waals surface area (Å²) in [6.45, 7) is 6.12. The second-order valence-corrected chi connectivity index (χ2v) is 8.39. The van der Waals surface area contributed by atoms with E-state index in [0.717, 1.165) is 66.6 Å². The van der Waals surface area contributed by atoms with Gasteiger partial charge in [-0.25, -0.2) is 4.98 Å². The fraction of sp³-hybridized carbons (Fsp3) is 0.455. The number of amides is 1. The van der Waals surface area contributed by atoms with E-state index in [2.05, 4.69) is 49.0 Å². The number of nitrogens with one attached hydrogen (secondary N) is 1. The van der Waals surface area contributed by atoms with Crippen molar-refractivity contribution in [1.29, 1.82) is 0 Å². The molecule has 1 aliphatic heterocycles. The Bertz CT molecular complexity index is 882. The molecule has 1 amide bonds. The summed E-state index contributed by atoms with van der Waals surface area (Å²) in [4.78, 5) is 23.7. The van der Waals surface area contributed by atoms with Crippen LogP contribution >= 0.6 is 15.9 Å². The molecule has 0 spiro atoms. The van der Waals surface area contributed by atoms with Gasteiger partial charge in [0.15, 0.2) is 0 Å². The summed E-state index contributed by atoms with van der Waals surface area (Å²) in [5, 5.41) is 3.39. The van der Waals surface area contributed by atoms with Crippen LogP contribution in [0.3, 0.4) is 0 Å². The van der Waals surface area contributed by atoms with Crippen molar-refractivity contribution in [2.24, 2.45) is 0 Å². The lowest BCUT2D eigenvalue weighted by molar-refractivity contribution is 0.0828. The van der Waals surface area contributed by atoms with Gasteiger partial charge in [0.2, 0.25) is 0 Å². The van der Waals surface area contributed by atoms with Gasteiger partial charge in [0.25, 0.3) is 5.91 Å². The molecule has 2 heterocycles. The van der Waals surface area contributed by atoms with Crippen LogP contribution in [0.5, 0.6) is 5.75 Å². The molecule has 30 heavy (non-hydrogen) atoms. The van der Waals surface area contributed by atoms with Gasteiger partial charge in [-0.15, -0.1) is 0 Å². The monoisotopic (exact) mass is 475 g/mol. The van der Waals surface area contributed by atoms with E-state index in [-0.39, 0.29) is 5.91 Å². The quantitative estimate of drug-likeness (QED) is 0.658. The van der Waals surface area contributed by atoms with Gasteiger partial charge in [-0.1, -0.05) is 22.9 Å². The normalized spacial score (nSPS) is 13.9. The molecule has 0 saturated carbocycles. The smallest absolute Gasteiger partial charge is 0.259 e. The van der Waals surface area contributed by atoms with Gasteiger partial charge in [0.1, 0.15) is 17.1 Å². The highest BCUT2D eigenvalue weighted by Gasteiger charge is 2.27. The molecule has 7 nitrogen and oxygen atoms in total. The minimum Gasteiger partial charge on any atom is -0.495 e. The SMILES string of the molecule is CCCNc1ccnc(N2CCN(c3ccc(Br)cc3OC)CC2)c1C(=O)N(C)C. The molecule has 1 aliphatic rings. The van der Waals surface area contributed by atoms with Crippen molar-refractivity contribution in [3.8, 4) is 5.75 Å². The molecule has 1 aromatic carbocycles. The first kappa shape index (κ1) is 22.2. The number of methoxy groups -OCH3 is 1. The van der Waals surface area contributed by atoms with E-state index in [0.29, 0.717) is 5.56 Å². The third-order valence-corrected chi connectivity index (χ3v) is 5.67. The maximum atomic E-state index is 13.0. The average Bonchev–Trinajstić information content (AvgIpc) is 2.76. The van der Waals surface area contributed by atoms with Crippen LogP contribution < -0.4 is 19.9 Å². The number of piperazine rings is 1. The van der Waals surface area contributed by atoms with Crippen molar-refractivity contribution in [1.82, 2.24) is 9.88 Å². The first-order valence-corrected chi connectivity index (χ1v) is 11.0. The number of rotatable bonds is 7. The van der Waals surface area contributed by atoms with Gasteiger partial charge in [-0.2, -0.15) is 0 Å². The van der Waals surface area contributed by atoms with Crippen molar-refractivity contribution in [3.05, 3.63) is 40.5 Å². The first-order valence-electron chi connectivity index (χ1n) is 10.2. The van der Waals surface area contributed by atoms with Gasteiger partial charge >= 0.3 is 0 Å². The molecule has 2 aromatic rings. The Labute approximate surface area is 187 Å². The first-order chi connectivity index (χ1) is 14.5. The molecule has 0 radical (unpaired) electrons. The van der Waals surface area contributed by atoms with Crippen molar-refractivity contribution in [3.63, 3.8) is 0 Å². The number of halogens is 1. The summed E-state index contributed by atoms with van der Waals surface area (Å²) in [7, 11) is 5.25. The molecule has 1 fully saturated rings. The highest BCUT2D eigenvalue weighted by atomic mass is 79.9. The fourth-order valence-electron chi connectivity index (χ4n) is 3.60. The van der Waals surface area contributed by atoms with Crippen LogP contribution in [0, 0.1) is 0 Å². The maximum Gasteiger partial charge on any atom is 0.259 e. The van der Waals surface area contributed by atoms with E-state index in [1.54, 1.807) is 32.3 Å². The Hall–Kier alpha value is -2.48. The van der Waals surface area contributed by atoms with E-state index in [9.17, 15) is 4.79 Å². The molecule has 0 unspecified atom stereocenters. The molecular formula is C22H30BrN5O2. The summed E-state index contributed by atoms with van der Waals surface area (Å²) in [5.74, 6) is 1.57. The molecule has 162 valence electrons. The predicted octanol–water partition coefficient (Wildman–Crippen LogP) is 3.70. The van der Waals surface area contributed by atoms with E-state index in [4.69, 9.17) is 4.74 Å². The number of carbonyl (C=O) groups is 1. The Kier molecular flexibility index (Phi) is 7.42. The zero-order chi connectivity index (χ0) is 21.7. The third kappa shape index (κ3) is 4.80. The Balaban J connectivity index is 1.84. The number of anilines is 3. The predicted molar refractivity (Wildman–Crippen MR) is 126 cm³/mol. The summed E-state index contributed by atoms with van der Waals surface area (Å²) < 4.78 is 6.56. The van der Waals surface area contributed by atoms with Crippen LogP contribution in [-0.2, 0) is 0 Å². The van der Waals surface area contributed by atoms with Crippen LogP contribution in [0.25, 0.3) is 0 Å². The molecule has 8 heteroatoms. The molecule has 0 atom stereocenters. The number of pyridine rings is 1.